The molecule has 3 heteroatoms. The Labute approximate surface area is 91.5 Å². The molecule has 1 aliphatic carbocycles. The predicted molar refractivity (Wildman–Crippen MR) is 58.4 cm³/mol. The van der Waals surface area contributed by atoms with Crippen molar-refractivity contribution in [1.29, 1.82) is 0 Å². The van der Waals surface area contributed by atoms with Crippen LogP contribution in [0.2, 0.25) is 0 Å². The standard InChI is InChI=1S/C12H21NO2/c1-12(2)6-4-3-5-10(12)13-8-9(14)7-11(13)15/h9-10,14H,3-8H2,1-2H3. The van der Waals surface area contributed by atoms with E-state index in [0.29, 0.717) is 19.0 Å². The van der Waals surface area contributed by atoms with Crippen molar-refractivity contribution in [3.05, 3.63) is 0 Å². The van der Waals surface area contributed by atoms with E-state index in [1.807, 2.05) is 4.90 Å². The number of hydrogen-bond donors (Lipinski definition) is 1. The Kier molecular flexibility index (Phi) is 2.75. The fourth-order valence-electron chi connectivity index (χ4n) is 3.07. The summed E-state index contributed by atoms with van der Waals surface area (Å²) >= 11 is 0. The third-order valence-corrected chi connectivity index (χ3v) is 3.97. The molecule has 2 fully saturated rings. The maximum absolute atomic E-state index is 11.7. The molecule has 2 rings (SSSR count). The first-order chi connectivity index (χ1) is 7.00. The average Bonchev–Trinajstić information content (AvgIpc) is 2.44. The normalized spacial score (nSPS) is 35.9. The minimum Gasteiger partial charge on any atom is -0.391 e. The molecule has 2 atom stereocenters. The highest BCUT2D eigenvalue weighted by molar-refractivity contribution is 5.79. The molecule has 1 heterocycles. The highest BCUT2D eigenvalue weighted by Crippen LogP contribution is 2.39. The van der Waals surface area contributed by atoms with Gasteiger partial charge in [0.25, 0.3) is 0 Å². The summed E-state index contributed by atoms with van der Waals surface area (Å²) in [5.74, 6) is 0.141. The minimum atomic E-state index is -0.435. The number of β-amino-alcohol motifs (C(OH)–C–C–N with tert-alkyl or cyclic N) is 1. The first kappa shape index (κ1) is 10.9. The number of aliphatic hydroxyl groups is 1. The van der Waals surface area contributed by atoms with Gasteiger partial charge in [0, 0.05) is 12.6 Å². The Morgan fingerprint density at radius 3 is 2.67 bits per heavy atom. The van der Waals surface area contributed by atoms with Crippen LogP contribution < -0.4 is 0 Å². The maximum atomic E-state index is 11.7. The van der Waals surface area contributed by atoms with Crippen LogP contribution in [0.1, 0.15) is 46.0 Å². The van der Waals surface area contributed by atoms with E-state index in [-0.39, 0.29) is 11.3 Å². The second-order valence-electron chi connectivity index (χ2n) is 5.65. The Balaban J connectivity index is 2.11. The number of carbonyl (C=O) groups excluding carboxylic acids is 1. The summed E-state index contributed by atoms with van der Waals surface area (Å²) in [6.45, 7) is 5.04. The zero-order valence-corrected chi connectivity index (χ0v) is 9.70. The van der Waals surface area contributed by atoms with Gasteiger partial charge in [-0.2, -0.15) is 0 Å². The quantitative estimate of drug-likeness (QED) is 0.715. The lowest BCUT2D eigenvalue weighted by Crippen LogP contribution is -2.48. The van der Waals surface area contributed by atoms with E-state index >= 15 is 0 Å². The molecule has 1 aliphatic heterocycles. The van der Waals surface area contributed by atoms with Crippen LogP contribution in [0.5, 0.6) is 0 Å². The van der Waals surface area contributed by atoms with Crippen molar-refractivity contribution in [3.63, 3.8) is 0 Å². The van der Waals surface area contributed by atoms with Crippen LogP contribution in [0.25, 0.3) is 0 Å². The van der Waals surface area contributed by atoms with Crippen LogP contribution in [0.3, 0.4) is 0 Å². The van der Waals surface area contributed by atoms with Crippen molar-refractivity contribution >= 4 is 5.91 Å². The molecule has 1 saturated carbocycles. The van der Waals surface area contributed by atoms with Gasteiger partial charge in [0.15, 0.2) is 0 Å². The summed E-state index contributed by atoms with van der Waals surface area (Å²) in [6, 6.07) is 0.343. The Bertz CT molecular complexity index is 262. The van der Waals surface area contributed by atoms with Gasteiger partial charge in [0.05, 0.1) is 12.5 Å². The number of amides is 1. The Hall–Kier alpha value is -0.570. The second-order valence-corrected chi connectivity index (χ2v) is 5.65. The van der Waals surface area contributed by atoms with Gasteiger partial charge in [-0.1, -0.05) is 26.7 Å². The van der Waals surface area contributed by atoms with Crippen molar-refractivity contribution in [3.8, 4) is 0 Å². The van der Waals surface area contributed by atoms with E-state index in [1.165, 1.54) is 19.3 Å². The lowest BCUT2D eigenvalue weighted by molar-refractivity contribution is -0.133. The van der Waals surface area contributed by atoms with Crippen LogP contribution in [0.15, 0.2) is 0 Å². The largest absolute Gasteiger partial charge is 0.391 e. The molecule has 1 saturated heterocycles. The summed E-state index contributed by atoms with van der Waals surface area (Å²) < 4.78 is 0. The molecule has 86 valence electrons. The van der Waals surface area contributed by atoms with Gasteiger partial charge in [0.1, 0.15) is 0 Å². The summed E-state index contributed by atoms with van der Waals surface area (Å²) in [5, 5.41) is 9.51. The first-order valence-electron chi connectivity index (χ1n) is 5.98. The van der Waals surface area contributed by atoms with Crippen LogP contribution in [-0.4, -0.2) is 34.6 Å². The fraction of sp³-hybridized carbons (Fsp3) is 0.917. The topological polar surface area (TPSA) is 40.5 Å². The van der Waals surface area contributed by atoms with Crippen LogP contribution in [0, 0.1) is 5.41 Å². The highest BCUT2D eigenvalue weighted by atomic mass is 16.3. The molecule has 0 aromatic rings. The molecule has 0 radical (unpaired) electrons. The monoisotopic (exact) mass is 211 g/mol. The smallest absolute Gasteiger partial charge is 0.225 e. The van der Waals surface area contributed by atoms with Crippen LogP contribution in [0.4, 0.5) is 0 Å². The van der Waals surface area contributed by atoms with E-state index in [1.54, 1.807) is 0 Å². The third kappa shape index (κ3) is 2.03. The number of likely N-dealkylation sites (tertiary alicyclic amines) is 1. The van der Waals surface area contributed by atoms with E-state index in [9.17, 15) is 9.90 Å². The molecule has 3 nitrogen and oxygen atoms in total. The predicted octanol–water partition coefficient (Wildman–Crippen LogP) is 1.55. The second kappa shape index (κ2) is 3.78. The lowest BCUT2D eigenvalue weighted by Gasteiger charge is -2.43. The van der Waals surface area contributed by atoms with E-state index < -0.39 is 6.10 Å². The van der Waals surface area contributed by atoms with Crippen molar-refractivity contribution in [1.82, 2.24) is 4.90 Å². The number of rotatable bonds is 1. The summed E-state index contributed by atoms with van der Waals surface area (Å²) in [7, 11) is 0. The van der Waals surface area contributed by atoms with Gasteiger partial charge in [-0.3, -0.25) is 4.79 Å². The lowest BCUT2D eigenvalue weighted by atomic mass is 9.72. The summed E-state index contributed by atoms with van der Waals surface area (Å²) in [6.07, 6.45) is 4.67. The van der Waals surface area contributed by atoms with Gasteiger partial charge in [-0.05, 0) is 18.3 Å². The molecular formula is C12H21NO2. The number of aliphatic hydroxyl groups excluding tert-OH is 1. The number of nitrogens with zero attached hydrogens (tertiary/aromatic N) is 1. The van der Waals surface area contributed by atoms with Crippen LogP contribution in [-0.2, 0) is 4.79 Å². The minimum absolute atomic E-state index is 0.141. The van der Waals surface area contributed by atoms with E-state index in [0.717, 1.165) is 6.42 Å². The maximum Gasteiger partial charge on any atom is 0.225 e. The molecule has 15 heavy (non-hydrogen) atoms. The summed E-state index contributed by atoms with van der Waals surface area (Å²) in [4.78, 5) is 13.7. The molecule has 0 bridgehead atoms. The highest BCUT2D eigenvalue weighted by Gasteiger charge is 2.41. The van der Waals surface area contributed by atoms with Crippen molar-refractivity contribution in [2.24, 2.45) is 5.41 Å². The molecule has 0 aromatic carbocycles. The van der Waals surface area contributed by atoms with Crippen molar-refractivity contribution < 1.29 is 9.90 Å². The van der Waals surface area contributed by atoms with E-state index in [4.69, 9.17) is 0 Å². The molecule has 2 unspecified atom stereocenters. The van der Waals surface area contributed by atoms with Gasteiger partial charge < -0.3 is 10.0 Å². The van der Waals surface area contributed by atoms with Gasteiger partial charge >= 0.3 is 0 Å². The fourth-order valence-corrected chi connectivity index (χ4v) is 3.07. The summed E-state index contributed by atoms with van der Waals surface area (Å²) in [5.41, 5.74) is 0.220. The Morgan fingerprint density at radius 2 is 2.13 bits per heavy atom. The molecule has 1 amide bonds. The van der Waals surface area contributed by atoms with E-state index in [2.05, 4.69) is 13.8 Å². The van der Waals surface area contributed by atoms with Gasteiger partial charge in [-0.25, -0.2) is 0 Å². The zero-order valence-electron chi connectivity index (χ0n) is 9.70. The van der Waals surface area contributed by atoms with Crippen LogP contribution >= 0.6 is 0 Å². The third-order valence-electron chi connectivity index (χ3n) is 3.97. The Morgan fingerprint density at radius 1 is 1.40 bits per heavy atom. The molecule has 1 N–H and O–H groups in total. The molecular weight excluding hydrogens is 190 g/mol. The van der Waals surface area contributed by atoms with Crippen molar-refractivity contribution in [2.75, 3.05) is 6.54 Å². The molecule has 0 aromatic heterocycles. The number of carbonyl (C=O) groups is 1. The van der Waals surface area contributed by atoms with Gasteiger partial charge in [-0.15, -0.1) is 0 Å². The molecule has 2 aliphatic rings. The average molecular weight is 211 g/mol. The van der Waals surface area contributed by atoms with Crippen molar-refractivity contribution in [2.45, 2.75) is 58.1 Å². The number of hydrogen-bond acceptors (Lipinski definition) is 2. The zero-order chi connectivity index (χ0) is 11.1. The SMILES string of the molecule is CC1(C)CCCCC1N1CC(O)CC1=O. The van der Waals surface area contributed by atoms with Gasteiger partial charge in [0.2, 0.25) is 5.91 Å². The molecule has 0 spiro atoms. The first-order valence-corrected chi connectivity index (χ1v) is 5.98.